The van der Waals surface area contributed by atoms with Crippen molar-refractivity contribution < 1.29 is 24.1 Å². The summed E-state index contributed by atoms with van der Waals surface area (Å²) >= 11 is 0. The van der Waals surface area contributed by atoms with Gasteiger partial charge in [0.1, 0.15) is 18.5 Å². The van der Waals surface area contributed by atoms with Gasteiger partial charge in [0.05, 0.1) is 12.9 Å². The van der Waals surface area contributed by atoms with E-state index in [4.69, 9.17) is 19.2 Å². The third-order valence-electron chi connectivity index (χ3n) is 10.2. The highest BCUT2D eigenvalue weighted by atomic mass is 16.8. The zero-order valence-corrected chi connectivity index (χ0v) is 22.3. The van der Waals surface area contributed by atoms with Gasteiger partial charge in [-0.05, 0) is 69.1 Å². The first-order chi connectivity index (χ1) is 19.0. The first-order valence-corrected chi connectivity index (χ1v) is 14.9. The van der Waals surface area contributed by atoms with Crippen LogP contribution in [0.5, 0.6) is 0 Å². The molecule has 0 radical (unpaired) electrons. The molecule has 4 heterocycles. The molecule has 9 rings (SSSR count). The maximum absolute atomic E-state index is 13.1. The smallest absolute Gasteiger partial charge is 0.252 e. The van der Waals surface area contributed by atoms with Crippen LogP contribution in [0.25, 0.3) is 11.2 Å². The third-order valence-corrected chi connectivity index (χ3v) is 10.2. The van der Waals surface area contributed by atoms with E-state index in [1.54, 1.807) is 12.7 Å². The van der Waals surface area contributed by atoms with Crippen molar-refractivity contribution in [3.05, 3.63) is 12.7 Å². The summed E-state index contributed by atoms with van der Waals surface area (Å²) in [5.41, 5.74) is 1.47. The van der Waals surface area contributed by atoms with E-state index in [1.165, 1.54) is 38.5 Å². The molecule has 1 spiro atoms. The van der Waals surface area contributed by atoms with Crippen LogP contribution in [0.1, 0.15) is 76.9 Å². The first-order valence-electron chi connectivity index (χ1n) is 14.9. The van der Waals surface area contributed by atoms with Crippen LogP contribution in [0.3, 0.4) is 0 Å². The molecule has 4 bridgehead atoms. The first kappa shape index (κ1) is 24.5. The van der Waals surface area contributed by atoms with E-state index in [1.807, 2.05) is 4.57 Å². The third kappa shape index (κ3) is 3.99. The Morgan fingerprint density at radius 3 is 2.44 bits per heavy atom. The average Bonchev–Trinajstić information content (AvgIpc) is 3.59. The summed E-state index contributed by atoms with van der Waals surface area (Å²) in [4.78, 5) is 27.1. The Kier molecular flexibility index (Phi) is 5.70. The molecule has 39 heavy (non-hydrogen) atoms. The Morgan fingerprint density at radius 2 is 1.72 bits per heavy atom. The highest BCUT2D eigenvalue weighted by molar-refractivity contribution is 5.84. The fourth-order valence-corrected chi connectivity index (χ4v) is 9.10. The topological polar surface area (TPSA) is 133 Å². The number of anilines is 1. The molecule has 2 unspecified atom stereocenters. The largest absolute Gasteiger partial charge is 0.395 e. The molecule has 11 heteroatoms. The lowest BCUT2D eigenvalue weighted by Crippen LogP contribution is -2.54. The summed E-state index contributed by atoms with van der Waals surface area (Å²) in [6.45, 7) is 0.0210. The molecule has 210 valence electrons. The minimum Gasteiger partial charge on any atom is -0.395 e. The second-order valence-corrected chi connectivity index (χ2v) is 13.0. The number of aliphatic hydroxyl groups excluding tert-OH is 1. The van der Waals surface area contributed by atoms with Crippen molar-refractivity contribution in [1.82, 2.24) is 24.8 Å². The van der Waals surface area contributed by atoms with Crippen LogP contribution in [-0.2, 0) is 19.0 Å². The highest BCUT2D eigenvalue weighted by Gasteiger charge is 2.61. The maximum Gasteiger partial charge on any atom is 0.252 e. The van der Waals surface area contributed by atoms with E-state index >= 15 is 0 Å². The number of amides is 1. The zero-order valence-electron chi connectivity index (χ0n) is 22.3. The van der Waals surface area contributed by atoms with Gasteiger partial charge in [0.2, 0.25) is 0 Å². The molecule has 2 aliphatic heterocycles. The Morgan fingerprint density at radius 1 is 1.00 bits per heavy atom. The van der Waals surface area contributed by atoms with Crippen molar-refractivity contribution in [3.8, 4) is 0 Å². The predicted molar refractivity (Wildman–Crippen MR) is 139 cm³/mol. The second-order valence-electron chi connectivity index (χ2n) is 13.0. The van der Waals surface area contributed by atoms with Crippen LogP contribution < -0.4 is 10.6 Å². The number of nitrogens with zero attached hydrogens (tertiary/aromatic N) is 4. The molecule has 1 amide bonds. The highest BCUT2D eigenvalue weighted by Crippen LogP contribution is 2.57. The van der Waals surface area contributed by atoms with Crippen molar-refractivity contribution in [2.45, 2.75) is 106 Å². The molecule has 2 aromatic heterocycles. The number of rotatable bonds is 6. The van der Waals surface area contributed by atoms with Crippen LogP contribution >= 0.6 is 0 Å². The molecule has 5 saturated carbocycles. The van der Waals surface area contributed by atoms with Crippen molar-refractivity contribution in [3.63, 3.8) is 0 Å². The predicted octanol–water partition coefficient (Wildman–Crippen LogP) is 2.66. The molecular weight excluding hydrogens is 500 g/mol. The zero-order chi connectivity index (χ0) is 26.2. The molecule has 0 aromatic carbocycles. The van der Waals surface area contributed by atoms with Gasteiger partial charge in [0, 0.05) is 24.9 Å². The monoisotopic (exact) mass is 538 g/mol. The molecule has 11 nitrogen and oxygen atoms in total. The molecule has 2 aromatic rings. The van der Waals surface area contributed by atoms with E-state index < -0.39 is 30.3 Å². The average molecular weight is 539 g/mol. The Balaban J connectivity index is 1.11. The molecule has 5 aliphatic carbocycles. The van der Waals surface area contributed by atoms with Gasteiger partial charge in [-0.1, -0.05) is 6.42 Å². The summed E-state index contributed by atoms with van der Waals surface area (Å²) in [6, 6.07) is 0. The number of ether oxygens (including phenoxy) is 3. The normalized spacial score (nSPS) is 39.9. The summed E-state index contributed by atoms with van der Waals surface area (Å²) in [5.74, 6) is 2.26. The van der Waals surface area contributed by atoms with Gasteiger partial charge in [-0.2, -0.15) is 0 Å². The molecule has 4 atom stereocenters. The lowest BCUT2D eigenvalue weighted by Gasteiger charge is -2.57. The molecular formula is C28H38N6O5. The summed E-state index contributed by atoms with van der Waals surface area (Å²) < 4.78 is 21.3. The van der Waals surface area contributed by atoms with Crippen molar-refractivity contribution >= 4 is 22.9 Å². The number of imidazole rings is 1. The molecule has 7 aliphatic rings. The van der Waals surface area contributed by atoms with Crippen LogP contribution in [-0.4, -0.2) is 73.3 Å². The van der Waals surface area contributed by atoms with Crippen LogP contribution in [0.2, 0.25) is 0 Å². The second kappa shape index (κ2) is 9.09. The van der Waals surface area contributed by atoms with Gasteiger partial charge < -0.3 is 30.0 Å². The fraction of sp³-hybridized carbons (Fsp3) is 0.786. The SMILES string of the molecule is O=C(NCCO)[C@H]1O[C@@H](n2cnc3c(NC45CC6CC(CC(C6)C4)C5)ncnc32)C2OC3(CCCCC3)OC21. The van der Waals surface area contributed by atoms with Crippen LogP contribution in [0.15, 0.2) is 12.7 Å². The van der Waals surface area contributed by atoms with E-state index in [0.717, 1.165) is 55.7 Å². The van der Waals surface area contributed by atoms with Gasteiger partial charge in [-0.3, -0.25) is 9.36 Å². The fourth-order valence-electron chi connectivity index (χ4n) is 9.10. The number of aromatic nitrogens is 4. The van der Waals surface area contributed by atoms with Gasteiger partial charge in [0.25, 0.3) is 5.91 Å². The standard InChI is InChI=1S/C28H38N6O5/c35-7-6-29-25(36)21-20-22(39-28(38-20)4-2-1-3-5-28)26(37-21)34-15-32-19-23(30-14-31-24(19)34)33-27-11-16-8-17(12-27)10-18(9-16)13-27/h14-18,20-22,26,35H,1-13H2,(H,29,36)(H,30,31,33)/t16?,17?,18?,20?,21-,22?,26+,27?/m0/s1. The number of carbonyl (C=O) groups is 1. The van der Waals surface area contributed by atoms with Gasteiger partial charge in [-0.25, -0.2) is 15.0 Å². The van der Waals surface area contributed by atoms with Gasteiger partial charge >= 0.3 is 0 Å². The Hall–Kier alpha value is -2.34. The molecule has 3 N–H and O–H groups in total. The Labute approximate surface area is 227 Å². The van der Waals surface area contributed by atoms with Crippen LogP contribution in [0.4, 0.5) is 5.82 Å². The minimum absolute atomic E-state index is 0.0976. The Bertz CT molecular complexity index is 1230. The molecule has 7 fully saturated rings. The van der Waals surface area contributed by atoms with Crippen LogP contribution in [0, 0.1) is 17.8 Å². The number of aliphatic hydroxyl groups is 1. The number of nitrogens with one attached hydrogen (secondary N) is 2. The minimum atomic E-state index is -0.850. The summed E-state index contributed by atoms with van der Waals surface area (Å²) in [7, 11) is 0. The van der Waals surface area contributed by atoms with Crippen molar-refractivity contribution in [2.24, 2.45) is 17.8 Å². The number of fused-ring (bicyclic) bond motifs is 2. The number of hydrogen-bond acceptors (Lipinski definition) is 9. The maximum atomic E-state index is 13.1. The lowest BCUT2D eigenvalue weighted by molar-refractivity contribution is -0.229. The van der Waals surface area contributed by atoms with Crippen molar-refractivity contribution in [2.75, 3.05) is 18.5 Å². The summed E-state index contributed by atoms with van der Waals surface area (Å²) in [6.07, 6.45) is 13.5. The molecule has 2 saturated heterocycles. The summed E-state index contributed by atoms with van der Waals surface area (Å²) in [5, 5.41) is 15.9. The van der Waals surface area contributed by atoms with E-state index in [0.29, 0.717) is 11.2 Å². The van der Waals surface area contributed by atoms with Gasteiger partial charge in [0.15, 0.2) is 35.1 Å². The van der Waals surface area contributed by atoms with Gasteiger partial charge in [-0.15, -0.1) is 0 Å². The quantitative estimate of drug-likeness (QED) is 0.508. The van der Waals surface area contributed by atoms with E-state index in [9.17, 15) is 9.90 Å². The number of carbonyl (C=O) groups excluding carboxylic acids is 1. The number of hydrogen-bond donors (Lipinski definition) is 3. The van der Waals surface area contributed by atoms with E-state index in [2.05, 4.69) is 20.6 Å². The van der Waals surface area contributed by atoms with E-state index in [-0.39, 0.29) is 24.6 Å². The lowest BCUT2D eigenvalue weighted by atomic mass is 9.53. The van der Waals surface area contributed by atoms with Crippen molar-refractivity contribution in [1.29, 1.82) is 0 Å².